The molecule has 3 nitrogen and oxygen atoms in total. The summed E-state index contributed by atoms with van der Waals surface area (Å²) in [5.74, 6) is 1.51. The summed E-state index contributed by atoms with van der Waals surface area (Å²) in [6.45, 7) is 8.32. The van der Waals surface area contributed by atoms with Gasteiger partial charge in [0.25, 0.3) is 0 Å². The molecule has 1 heterocycles. The number of amides is 1. The zero-order valence-corrected chi connectivity index (χ0v) is 10.9. The minimum atomic E-state index is 0.0941. The van der Waals surface area contributed by atoms with Crippen molar-refractivity contribution in [2.45, 2.75) is 34.1 Å². The Balaban J connectivity index is 0.000000606. The highest BCUT2D eigenvalue weighted by atomic mass is 16.2. The first-order valence-corrected chi connectivity index (χ1v) is 6.05. The lowest BCUT2D eigenvalue weighted by molar-refractivity contribution is -0.127. The first-order chi connectivity index (χ1) is 7.58. The van der Waals surface area contributed by atoms with Crippen LogP contribution in [-0.2, 0) is 4.79 Å². The number of nitrogens with zero attached hydrogens (tertiary/aromatic N) is 2. The Bertz CT molecular complexity index is 331. The lowest BCUT2D eigenvalue weighted by atomic mass is 10.1. The molecule has 90 valence electrons. The summed E-state index contributed by atoms with van der Waals surface area (Å²) < 4.78 is 0. The van der Waals surface area contributed by atoms with E-state index in [1.165, 1.54) is 12.1 Å². The molecule has 0 spiro atoms. The number of allylic oxidation sites excluding steroid dienone is 1. The van der Waals surface area contributed by atoms with Crippen molar-refractivity contribution in [2.75, 3.05) is 13.6 Å². The molecule has 0 radical (unpaired) electrons. The van der Waals surface area contributed by atoms with Crippen molar-refractivity contribution >= 4 is 11.6 Å². The maximum Gasteiger partial charge on any atom is 0.219 e. The quantitative estimate of drug-likeness (QED) is 0.706. The molecule has 2 rings (SSSR count). The molecule has 0 aromatic carbocycles. The molecule has 1 aliphatic carbocycles. The molecule has 1 fully saturated rings. The van der Waals surface area contributed by atoms with E-state index in [2.05, 4.69) is 18.0 Å². The van der Waals surface area contributed by atoms with Crippen molar-refractivity contribution < 1.29 is 4.79 Å². The van der Waals surface area contributed by atoms with Gasteiger partial charge in [-0.25, -0.2) is 0 Å². The monoisotopic (exact) mass is 222 g/mol. The fraction of sp³-hybridized carbons (Fsp3) is 0.692. The summed E-state index contributed by atoms with van der Waals surface area (Å²) in [5.41, 5.74) is 2.29. The first-order valence-electron chi connectivity index (χ1n) is 6.05. The lowest BCUT2D eigenvalue weighted by Gasteiger charge is -2.17. The maximum atomic E-state index is 11.0. The van der Waals surface area contributed by atoms with Crippen LogP contribution >= 0.6 is 0 Å². The molecule has 16 heavy (non-hydrogen) atoms. The van der Waals surface area contributed by atoms with E-state index in [9.17, 15) is 4.79 Å². The van der Waals surface area contributed by atoms with Crippen LogP contribution in [0.25, 0.3) is 0 Å². The summed E-state index contributed by atoms with van der Waals surface area (Å²) in [6, 6.07) is 0. The second kappa shape index (κ2) is 5.28. The van der Waals surface area contributed by atoms with Gasteiger partial charge in [-0.1, -0.05) is 19.9 Å². The van der Waals surface area contributed by atoms with E-state index in [0.29, 0.717) is 18.4 Å². The van der Waals surface area contributed by atoms with Crippen LogP contribution in [0.5, 0.6) is 0 Å². The number of hydrogen-bond acceptors (Lipinski definition) is 2. The highest BCUT2D eigenvalue weighted by Gasteiger charge is 2.40. The van der Waals surface area contributed by atoms with Crippen molar-refractivity contribution in [2.24, 2.45) is 16.8 Å². The second-order valence-corrected chi connectivity index (χ2v) is 4.29. The zero-order valence-electron chi connectivity index (χ0n) is 10.9. The minimum absolute atomic E-state index is 0.0941. The van der Waals surface area contributed by atoms with E-state index in [1.54, 1.807) is 11.8 Å². The van der Waals surface area contributed by atoms with Crippen molar-refractivity contribution in [3.63, 3.8) is 0 Å². The van der Waals surface area contributed by atoms with E-state index >= 15 is 0 Å². The van der Waals surface area contributed by atoms with E-state index in [4.69, 9.17) is 0 Å². The third-order valence-corrected chi connectivity index (χ3v) is 3.04. The van der Waals surface area contributed by atoms with Crippen molar-refractivity contribution in [1.29, 1.82) is 0 Å². The predicted molar refractivity (Wildman–Crippen MR) is 67.4 cm³/mol. The van der Waals surface area contributed by atoms with Crippen LogP contribution in [0.3, 0.4) is 0 Å². The lowest BCUT2D eigenvalue weighted by Crippen LogP contribution is -2.26. The third-order valence-electron chi connectivity index (χ3n) is 3.04. The van der Waals surface area contributed by atoms with Gasteiger partial charge in [0.1, 0.15) is 0 Å². The number of carbonyl (C=O) groups is 1. The fourth-order valence-corrected chi connectivity index (χ4v) is 1.92. The SMILES string of the molecule is CC.CC(=O)N(C)CC1=CC2CC2C(C)=N1. The van der Waals surface area contributed by atoms with Crippen molar-refractivity contribution in [3.8, 4) is 0 Å². The van der Waals surface area contributed by atoms with Gasteiger partial charge in [0.05, 0.1) is 12.2 Å². The van der Waals surface area contributed by atoms with Crippen LogP contribution in [-0.4, -0.2) is 30.1 Å². The minimum Gasteiger partial charge on any atom is -0.340 e. The Morgan fingerprint density at radius 3 is 2.69 bits per heavy atom. The Hall–Kier alpha value is -1.12. The van der Waals surface area contributed by atoms with Crippen LogP contribution in [0.15, 0.2) is 16.8 Å². The van der Waals surface area contributed by atoms with Gasteiger partial charge in [-0.05, 0) is 19.3 Å². The highest BCUT2D eigenvalue weighted by Crippen LogP contribution is 2.44. The Morgan fingerprint density at radius 1 is 1.56 bits per heavy atom. The van der Waals surface area contributed by atoms with Crippen LogP contribution in [0, 0.1) is 11.8 Å². The molecule has 1 amide bonds. The van der Waals surface area contributed by atoms with Crippen molar-refractivity contribution in [1.82, 2.24) is 4.90 Å². The van der Waals surface area contributed by atoms with Crippen LogP contribution < -0.4 is 0 Å². The molecule has 2 aliphatic rings. The topological polar surface area (TPSA) is 32.7 Å². The van der Waals surface area contributed by atoms with Gasteiger partial charge in [0.15, 0.2) is 0 Å². The van der Waals surface area contributed by atoms with Gasteiger partial charge in [0, 0.05) is 25.6 Å². The average molecular weight is 222 g/mol. The molecule has 0 N–H and O–H groups in total. The zero-order chi connectivity index (χ0) is 12.3. The van der Waals surface area contributed by atoms with Crippen molar-refractivity contribution in [3.05, 3.63) is 11.8 Å². The highest BCUT2D eigenvalue weighted by molar-refractivity contribution is 5.89. The van der Waals surface area contributed by atoms with E-state index in [1.807, 2.05) is 20.9 Å². The molecule has 1 aliphatic heterocycles. The molecule has 1 saturated carbocycles. The summed E-state index contributed by atoms with van der Waals surface area (Å²) in [6.07, 6.45) is 3.47. The van der Waals surface area contributed by atoms with Crippen LogP contribution in [0.2, 0.25) is 0 Å². The molecule has 0 bridgehead atoms. The first kappa shape index (κ1) is 12.9. The predicted octanol–water partition coefficient (Wildman–Crippen LogP) is 2.49. The Labute approximate surface area is 98.2 Å². The number of fused-ring (bicyclic) bond motifs is 1. The number of likely N-dealkylation sites (N-methyl/N-ethyl adjacent to an activating group) is 1. The summed E-state index contributed by atoms with van der Waals surface area (Å²) in [7, 11) is 1.81. The summed E-state index contributed by atoms with van der Waals surface area (Å²) >= 11 is 0. The molecule has 3 heteroatoms. The van der Waals surface area contributed by atoms with E-state index in [-0.39, 0.29) is 5.91 Å². The van der Waals surface area contributed by atoms with Crippen LogP contribution in [0.1, 0.15) is 34.1 Å². The molecule has 0 aromatic heterocycles. The normalized spacial score (nSPS) is 25.6. The van der Waals surface area contributed by atoms with Gasteiger partial charge in [-0.3, -0.25) is 9.79 Å². The van der Waals surface area contributed by atoms with E-state index in [0.717, 1.165) is 5.70 Å². The average Bonchev–Trinajstić information content (AvgIpc) is 3.00. The third kappa shape index (κ3) is 2.94. The molecule has 0 aromatic rings. The number of aliphatic imine (C=N–C) groups is 1. The number of carbonyl (C=O) groups excluding carboxylic acids is 1. The molecular formula is C13H22N2O. The second-order valence-electron chi connectivity index (χ2n) is 4.29. The largest absolute Gasteiger partial charge is 0.340 e. The maximum absolute atomic E-state index is 11.0. The van der Waals surface area contributed by atoms with E-state index < -0.39 is 0 Å². The Morgan fingerprint density at radius 2 is 2.19 bits per heavy atom. The van der Waals surface area contributed by atoms with Gasteiger partial charge in [0.2, 0.25) is 5.91 Å². The smallest absolute Gasteiger partial charge is 0.219 e. The van der Waals surface area contributed by atoms with Gasteiger partial charge in [-0.2, -0.15) is 0 Å². The summed E-state index contributed by atoms with van der Waals surface area (Å²) in [5, 5.41) is 0. The molecule has 2 atom stereocenters. The molecular weight excluding hydrogens is 200 g/mol. The fourth-order valence-electron chi connectivity index (χ4n) is 1.92. The van der Waals surface area contributed by atoms with Crippen LogP contribution in [0.4, 0.5) is 0 Å². The number of rotatable bonds is 2. The molecule has 0 saturated heterocycles. The van der Waals surface area contributed by atoms with Gasteiger partial charge in [-0.15, -0.1) is 0 Å². The van der Waals surface area contributed by atoms with Gasteiger partial charge >= 0.3 is 0 Å². The van der Waals surface area contributed by atoms with Gasteiger partial charge < -0.3 is 4.90 Å². The molecule has 2 unspecified atom stereocenters. The number of hydrogen-bond donors (Lipinski definition) is 0. The Kier molecular flexibility index (Phi) is 4.27. The summed E-state index contributed by atoms with van der Waals surface area (Å²) in [4.78, 5) is 17.3. The standard InChI is InChI=1S/C11H16N2O.C2H6/c1-7-11-5-9(11)4-10(12-7)6-13(3)8(2)14;1-2/h4,9,11H,5-6H2,1-3H3;1-2H3.